The molecule has 0 bridgehead atoms. The number of carbonyl (C=O) groups excluding carboxylic acids is 1. The van der Waals surface area contributed by atoms with Crippen molar-refractivity contribution >= 4 is 16.8 Å². The molecule has 3 rings (SSSR count). The number of fused-ring (bicyclic) bond motifs is 1. The lowest BCUT2D eigenvalue weighted by molar-refractivity contribution is 0.0298. The molecule has 2 atom stereocenters. The Balaban J connectivity index is 1.98. The van der Waals surface area contributed by atoms with Gasteiger partial charge in [0.05, 0.1) is 17.2 Å². The molecule has 110 valence electrons. The topological polar surface area (TPSA) is 53.4 Å². The number of pyridine rings is 1. The van der Waals surface area contributed by atoms with E-state index < -0.39 is 0 Å². The lowest BCUT2D eigenvalue weighted by atomic mass is 9.95. The number of hydrogen-bond acceptors (Lipinski definition) is 3. The molecular weight excluding hydrogens is 264 g/mol. The number of nitrogens with zero attached hydrogens (tertiary/aromatic N) is 2. The Labute approximate surface area is 124 Å². The van der Waals surface area contributed by atoms with Gasteiger partial charge in [-0.2, -0.15) is 0 Å². The molecule has 0 spiro atoms. The van der Waals surface area contributed by atoms with E-state index in [1.54, 1.807) is 0 Å². The second-order valence-corrected chi connectivity index (χ2v) is 5.91. The van der Waals surface area contributed by atoms with Gasteiger partial charge in [-0.05, 0) is 31.4 Å². The zero-order valence-corrected chi connectivity index (χ0v) is 12.4. The average Bonchev–Trinajstić information content (AvgIpc) is 2.48. The minimum atomic E-state index is -0.301. The number of hydrogen-bond donors (Lipinski definition) is 1. The van der Waals surface area contributed by atoms with Gasteiger partial charge in [-0.1, -0.05) is 25.1 Å². The number of likely N-dealkylation sites (tertiary alicyclic amines) is 1. The van der Waals surface area contributed by atoms with Gasteiger partial charge in [0.2, 0.25) is 0 Å². The highest BCUT2D eigenvalue weighted by atomic mass is 16.3. The van der Waals surface area contributed by atoms with Crippen LogP contribution in [0.4, 0.5) is 0 Å². The zero-order valence-electron chi connectivity index (χ0n) is 12.4. The monoisotopic (exact) mass is 284 g/mol. The third-order valence-electron chi connectivity index (χ3n) is 4.22. The maximum absolute atomic E-state index is 12.8. The van der Waals surface area contributed by atoms with Crippen LogP contribution in [0.2, 0.25) is 0 Å². The number of aryl methyl sites for hydroxylation is 1. The first-order valence-corrected chi connectivity index (χ1v) is 7.40. The smallest absolute Gasteiger partial charge is 0.254 e. The SMILES string of the molecule is Cc1cc(C(=O)N2CCC(O)C(C)C2)c2ccccc2n1. The summed E-state index contributed by atoms with van der Waals surface area (Å²) in [6.07, 6.45) is 0.347. The maximum Gasteiger partial charge on any atom is 0.254 e. The minimum absolute atomic E-state index is 0.0375. The molecule has 0 saturated carbocycles. The van der Waals surface area contributed by atoms with Crippen LogP contribution in [-0.2, 0) is 0 Å². The lowest BCUT2D eigenvalue weighted by Crippen LogP contribution is -2.45. The van der Waals surface area contributed by atoms with Crippen molar-refractivity contribution in [2.75, 3.05) is 13.1 Å². The van der Waals surface area contributed by atoms with Gasteiger partial charge in [0.25, 0.3) is 5.91 Å². The molecule has 0 radical (unpaired) electrons. The molecule has 1 N–H and O–H groups in total. The van der Waals surface area contributed by atoms with Crippen LogP contribution in [0, 0.1) is 12.8 Å². The van der Waals surface area contributed by atoms with Gasteiger partial charge in [-0.15, -0.1) is 0 Å². The summed E-state index contributed by atoms with van der Waals surface area (Å²) >= 11 is 0. The van der Waals surface area contributed by atoms with Gasteiger partial charge in [-0.25, -0.2) is 0 Å². The first-order chi connectivity index (χ1) is 10.1. The summed E-state index contributed by atoms with van der Waals surface area (Å²) in [7, 11) is 0. The Kier molecular flexibility index (Phi) is 3.64. The molecule has 21 heavy (non-hydrogen) atoms. The minimum Gasteiger partial charge on any atom is -0.393 e. The Morgan fingerprint density at radius 2 is 2.14 bits per heavy atom. The van der Waals surface area contributed by atoms with Crippen LogP contribution in [0.25, 0.3) is 10.9 Å². The first kappa shape index (κ1) is 14.0. The predicted molar refractivity (Wildman–Crippen MR) is 82.2 cm³/mol. The molecule has 4 nitrogen and oxygen atoms in total. The highest BCUT2D eigenvalue weighted by Gasteiger charge is 2.28. The molecule has 4 heteroatoms. The van der Waals surface area contributed by atoms with Crippen molar-refractivity contribution in [3.63, 3.8) is 0 Å². The highest BCUT2D eigenvalue weighted by molar-refractivity contribution is 6.06. The predicted octanol–water partition coefficient (Wildman–Crippen LogP) is 2.39. The lowest BCUT2D eigenvalue weighted by Gasteiger charge is -2.34. The van der Waals surface area contributed by atoms with E-state index >= 15 is 0 Å². The van der Waals surface area contributed by atoms with E-state index in [9.17, 15) is 9.90 Å². The van der Waals surface area contributed by atoms with Crippen LogP contribution in [0.15, 0.2) is 30.3 Å². The van der Waals surface area contributed by atoms with Crippen LogP contribution in [0.5, 0.6) is 0 Å². The molecule has 2 aromatic rings. The van der Waals surface area contributed by atoms with E-state index in [1.807, 2.05) is 49.1 Å². The number of aromatic nitrogens is 1. The van der Waals surface area contributed by atoms with Gasteiger partial charge in [0, 0.05) is 24.2 Å². The van der Waals surface area contributed by atoms with Crippen molar-refractivity contribution in [2.24, 2.45) is 5.92 Å². The average molecular weight is 284 g/mol. The van der Waals surface area contributed by atoms with Crippen molar-refractivity contribution in [1.82, 2.24) is 9.88 Å². The summed E-state index contributed by atoms with van der Waals surface area (Å²) in [5, 5.41) is 10.7. The normalized spacial score (nSPS) is 22.5. The van der Waals surface area contributed by atoms with E-state index in [1.165, 1.54) is 0 Å². The van der Waals surface area contributed by atoms with Crippen LogP contribution >= 0.6 is 0 Å². The fraction of sp³-hybridized carbons (Fsp3) is 0.412. The zero-order chi connectivity index (χ0) is 15.0. The first-order valence-electron chi connectivity index (χ1n) is 7.40. The van der Waals surface area contributed by atoms with E-state index in [4.69, 9.17) is 0 Å². The van der Waals surface area contributed by atoms with Crippen LogP contribution in [0.1, 0.15) is 29.4 Å². The van der Waals surface area contributed by atoms with Crippen LogP contribution in [-0.4, -0.2) is 40.1 Å². The Hall–Kier alpha value is -1.94. The number of para-hydroxylation sites is 1. The van der Waals surface area contributed by atoms with Crippen LogP contribution < -0.4 is 0 Å². The number of aliphatic hydroxyl groups is 1. The quantitative estimate of drug-likeness (QED) is 0.875. The summed E-state index contributed by atoms with van der Waals surface area (Å²) in [6.45, 7) is 5.11. The Morgan fingerprint density at radius 3 is 2.90 bits per heavy atom. The Bertz CT molecular complexity index is 684. The number of piperidine rings is 1. The number of carbonyl (C=O) groups is 1. The van der Waals surface area contributed by atoms with Crippen molar-refractivity contribution < 1.29 is 9.90 Å². The molecular formula is C17H20N2O2. The molecule has 0 aliphatic carbocycles. The number of amides is 1. The van der Waals surface area contributed by atoms with Gasteiger partial charge in [-0.3, -0.25) is 9.78 Å². The van der Waals surface area contributed by atoms with Crippen LogP contribution in [0.3, 0.4) is 0 Å². The third kappa shape index (κ3) is 2.63. The molecule has 1 aliphatic rings. The summed E-state index contributed by atoms with van der Waals surface area (Å²) in [5.41, 5.74) is 2.41. The fourth-order valence-electron chi connectivity index (χ4n) is 2.97. The molecule has 1 amide bonds. The molecule has 2 heterocycles. The molecule has 1 saturated heterocycles. The van der Waals surface area contributed by atoms with E-state index in [-0.39, 0.29) is 17.9 Å². The second kappa shape index (κ2) is 5.45. The Morgan fingerprint density at radius 1 is 1.38 bits per heavy atom. The van der Waals surface area contributed by atoms with E-state index in [2.05, 4.69) is 4.98 Å². The third-order valence-corrected chi connectivity index (χ3v) is 4.22. The van der Waals surface area contributed by atoms with Gasteiger partial charge in [0.15, 0.2) is 0 Å². The standard InChI is InChI=1S/C17H20N2O2/c1-11-10-19(8-7-16(11)20)17(21)14-9-12(2)18-15-6-4-3-5-13(14)15/h3-6,9,11,16,20H,7-8,10H2,1-2H3. The van der Waals surface area contributed by atoms with Gasteiger partial charge >= 0.3 is 0 Å². The number of rotatable bonds is 1. The van der Waals surface area contributed by atoms with E-state index in [0.717, 1.165) is 16.6 Å². The summed E-state index contributed by atoms with van der Waals surface area (Å²) in [6, 6.07) is 9.60. The molecule has 2 unspecified atom stereocenters. The number of aliphatic hydroxyl groups excluding tert-OH is 1. The van der Waals surface area contributed by atoms with Crippen molar-refractivity contribution in [3.05, 3.63) is 41.6 Å². The maximum atomic E-state index is 12.8. The van der Waals surface area contributed by atoms with Gasteiger partial charge < -0.3 is 10.0 Å². The van der Waals surface area contributed by atoms with Crippen molar-refractivity contribution in [3.8, 4) is 0 Å². The molecule has 1 aromatic heterocycles. The summed E-state index contributed by atoms with van der Waals surface area (Å²) in [4.78, 5) is 19.2. The van der Waals surface area contributed by atoms with Crippen molar-refractivity contribution in [2.45, 2.75) is 26.4 Å². The van der Waals surface area contributed by atoms with Crippen molar-refractivity contribution in [1.29, 1.82) is 0 Å². The highest BCUT2D eigenvalue weighted by Crippen LogP contribution is 2.23. The van der Waals surface area contributed by atoms with Gasteiger partial charge in [0.1, 0.15) is 0 Å². The number of benzene rings is 1. The molecule has 1 fully saturated rings. The molecule has 1 aliphatic heterocycles. The molecule has 1 aromatic carbocycles. The second-order valence-electron chi connectivity index (χ2n) is 5.91. The largest absolute Gasteiger partial charge is 0.393 e. The van der Waals surface area contributed by atoms with E-state index in [0.29, 0.717) is 25.1 Å². The fourth-order valence-corrected chi connectivity index (χ4v) is 2.97. The summed E-state index contributed by atoms with van der Waals surface area (Å²) < 4.78 is 0. The summed E-state index contributed by atoms with van der Waals surface area (Å²) in [5.74, 6) is 0.160.